The van der Waals surface area contributed by atoms with Gasteiger partial charge in [-0.05, 0) is 124 Å². The summed E-state index contributed by atoms with van der Waals surface area (Å²) in [6.45, 7) is 0. The number of hydrogen-bond acceptors (Lipinski definition) is 5. The van der Waals surface area contributed by atoms with Crippen LogP contribution in [0.1, 0.15) is 48.9 Å². The third-order valence-electron chi connectivity index (χ3n) is 6.49. The molecule has 0 spiro atoms. The van der Waals surface area contributed by atoms with Gasteiger partial charge in [0, 0.05) is 22.7 Å². The second-order valence-electron chi connectivity index (χ2n) is 9.01. The summed E-state index contributed by atoms with van der Waals surface area (Å²) in [5.41, 5.74) is -1.51. The minimum atomic E-state index is -5.95. The molecule has 0 radical (unpaired) electrons. The highest BCUT2D eigenvalue weighted by Crippen LogP contribution is 2.59. The van der Waals surface area contributed by atoms with E-state index in [4.69, 9.17) is 9.29 Å². The number of amides is 1. The molecule has 2 N–H and O–H groups in total. The molecule has 5 rings (SSSR count). The number of carbonyl (C=O) groups is 2. The first-order valence-electron chi connectivity index (χ1n) is 9.71. The van der Waals surface area contributed by atoms with Crippen molar-refractivity contribution < 1.29 is 36.1 Å². The van der Waals surface area contributed by atoms with Crippen molar-refractivity contribution in [2.45, 2.75) is 54.9 Å². The Hall–Kier alpha value is 0.120. The molecule has 0 aliphatic heterocycles. The second-order valence-corrected chi connectivity index (χ2v) is 14.0. The number of benzene rings is 1. The summed E-state index contributed by atoms with van der Waals surface area (Å²) < 4.78 is 66.2. The van der Waals surface area contributed by atoms with Gasteiger partial charge in [0.05, 0.1) is 5.56 Å². The van der Waals surface area contributed by atoms with Crippen molar-refractivity contribution in [2.75, 3.05) is 0 Å². The van der Waals surface area contributed by atoms with Crippen LogP contribution in [0.25, 0.3) is 0 Å². The van der Waals surface area contributed by atoms with Gasteiger partial charge in [-0.2, -0.15) is 17.2 Å². The average molecular weight is 807 g/mol. The van der Waals surface area contributed by atoms with Crippen molar-refractivity contribution in [1.29, 1.82) is 0 Å². The average Bonchev–Trinajstić information content (AvgIpc) is 2.61. The highest BCUT2D eigenvalue weighted by atomic mass is 127. The summed E-state index contributed by atoms with van der Waals surface area (Å²) in [7, 11) is -5.95. The number of nitrogens with one attached hydrogen (secondary N) is 1. The summed E-state index contributed by atoms with van der Waals surface area (Å²) >= 11 is 6.40. The zero-order valence-corrected chi connectivity index (χ0v) is 23.6. The summed E-state index contributed by atoms with van der Waals surface area (Å²) in [6.07, 6.45) is 2.90. The van der Waals surface area contributed by atoms with Gasteiger partial charge in [0.15, 0.2) is 0 Å². The molecule has 4 aliphatic rings. The van der Waals surface area contributed by atoms with Gasteiger partial charge in [-0.25, -0.2) is 4.79 Å². The quantitative estimate of drug-likeness (QED) is 0.199. The van der Waals surface area contributed by atoms with E-state index in [-0.39, 0.29) is 24.2 Å². The lowest BCUT2D eigenvalue weighted by Gasteiger charge is -2.61. The van der Waals surface area contributed by atoms with Gasteiger partial charge in [-0.3, -0.25) is 9.35 Å². The van der Waals surface area contributed by atoms with E-state index in [0.29, 0.717) is 31.2 Å². The number of esters is 1. The van der Waals surface area contributed by atoms with Crippen molar-refractivity contribution >= 4 is 89.8 Å². The Kier molecular flexibility index (Phi) is 6.59. The fraction of sp³-hybridized carbons (Fsp3) is 0.579. The molecule has 176 valence electrons. The van der Waals surface area contributed by atoms with E-state index in [2.05, 4.69) is 73.1 Å². The van der Waals surface area contributed by atoms with E-state index < -0.39 is 32.5 Å². The molecule has 7 nitrogen and oxygen atoms in total. The van der Waals surface area contributed by atoms with Crippen molar-refractivity contribution in [3.8, 4) is 0 Å². The Morgan fingerprint density at radius 1 is 1.12 bits per heavy atom. The summed E-state index contributed by atoms with van der Waals surface area (Å²) in [5, 5.41) is -1.94. The number of halogens is 5. The smallest absolute Gasteiger partial charge is 0.454 e. The largest absolute Gasteiger partial charge is 0.465 e. The van der Waals surface area contributed by atoms with Crippen LogP contribution < -0.4 is 5.32 Å². The van der Waals surface area contributed by atoms with Gasteiger partial charge in [0.25, 0.3) is 5.91 Å². The lowest BCUT2D eigenvalue weighted by molar-refractivity contribution is -0.205. The number of carbonyl (C=O) groups excluding carboxylic acids is 2. The van der Waals surface area contributed by atoms with Crippen molar-refractivity contribution in [3.63, 3.8) is 0 Å². The Morgan fingerprint density at radius 3 is 2.28 bits per heavy atom. The first-order valence-corrected chi connectivity index (χ1v) is 14.4. The molecule has 1 amide bonds. The fourth-order valence-electron chi connectivity index (χ4n) is 5.83. The monoisotopic (exact) mass is 807 g/mol. The van der Waals surface area contributed by atoms with Crippen LogP contribution in [0.3, 0.4) is 0 Å². The van der Waals surface area contributed by atoms with Gasteiger partial charge >= 0.3 is 21.3 Å². The number of hydrogen-bond donors (Lipinski definition) is 2. The lowest BCUT2D eigenvalue weighted by atomic mass is 9.51. The molecule has 2 atom stereocenters. The van der Waals surface area contributed by atoms with E-state index in [0.717, 1.165) is 17.1 Å². The molecule has 2 unspecified atom stereocenters. The molecule has 0 saturated heterocycles. The number of alkyl halides is 2. The predicted molar refractivity (Wildman–Crippen MR) is 135 cm³/mol. The topological polar surface area (TPSA) is 110 Å². The van der Waals surface area contributed by atoms with Crippen LogP contribution in [0.2, 0.25) is 0 Å². The van der Waals surface area contributed by atoms with Crippen LogP contribution in [-0.2, 0) is 19.6 Å². The van der Waals surface area contributed by atoms with Gasteiger partial charge < -0.3 is 10.1 Å². The van der Waals surface area contributed by atoms with E-state index in [1.165, 1.54) is 0 Å². The van der Waals surface area contributed by atoms with E-state index >= 15 is 0 Å². The third kappa shape index (κ3) is 4.53. The third-order valence-corrected chi connectivity index (χ3v) is 11.0. The minimum absolute atomic E-state index is 0.0545. The van der Waals surface area contributed by atoms with Gasteiger partial charge in [0.2, 0.25) is 0 Å². The van der Waals surface area contributed by atoms with E-state index in [9.17, 15) is 26.8 Å². The molecule has 1 aromatic rings. The molecular formula is C19H18F2I3NO6S. The van der Waals surface area contributed by atoms with Gasteiger partial charge in [-0.15, -0.1) is 0 Å². The Morgan fingerprint density at radius 2 is 1.72 bits per heavy atom. The van der Waals surface area contributed by atoms with E-state index in [1.54, 1.807) is 6.07 Å². The number of ether oxygens (including phenoxy) is 1. The molecule has 13 heteroatoms. The molecular weight excluding hydrogens is 789 g/mol. The molecule has 4 saturated carbocycles. The van der Waals surface area contributed by atoms with Gasteiger partial charge in [-0.1, -0.05) is 0 Å². The van der Waals surface area contributed by atoms with Crippen molar-refractivity contribution in [1.82, 2.24) is 5.32 Å². The van der Waals surface area contributed by atoms with Crippen LogP contribution >= 0.6 is 67.8 Å². The van der Waals surface area contributed by atoms with Crippen molar-refractivity contribution in [3.05, 3.63) is 28.4 Å². The van der Waals surface area contributed by atoms with E-state index in [1.807, 2.05) is 6.07 Å². The molecule has 1 aromatic carbocycles. The first-order chi connectivity index (χ1) is 14.7. The van der Waals surface area contributed by atoms with Crippen LogP contribution in [-0.4, -0.2) is 41.2 Å². The highest BCUT2D eigenvalue weighted by molar-refractivity contribution is 14.1. The minimum Gasteiger partial charge on any atom is -0.454 e. The normalized spacial score (nSPS) is 31.4. The standard InChI is InChI=1S/C19H18F2I3NO6S/c20-19(21,32(28,29)30)16(27)31-18-6-9-1-10(7-18)5-17(4-9,8-18)25-15(26)12-2-11(22)3-13(23)14(12)24/h2-3,9-10H,1,4-8H2,(H,25,26)(H,28,29,30). The van der Waals surface area contributed by atoms with Crippen LogP contribution in [0.4, 0.5) is 8.78 Å². The molecule has 0 heterocycles. The van der Waals surface area contributed by atoms with Crippen molar-refractivity contribution in [2.24, 2.45) is 11.8 Å². The first kappa shape index (κ1) is 25.2. The maximum Gasteiger partial charge on any atom is 0.465 e. The van der Waals surface area contributed by atoms with Crippen LogP contribution in [0.15, 0.2) is 12.1 Å². The Labute approximate surface area is 224 Å². The summed E-state index contributed by atoms with van der Waals surface area (Å²) in [5.74, 6) is -2.44. The maximum absolute atomic E-state index is 13.9. The maximum atomic E-state index is 13.9. The van der Waals surface area contributed by atoms with Crippen LogP contribution in [0, 0.1) is 22.5 Å². The molecule has 0 aromatic heterocycles. The summed E-state index contributed by atoms with van der Waals surface area (Å²) in [6, 6.07) is 3.73. The number of rotatable bonds is 5. The summed E-state index contributed by atoms with van der Waals surface area (Å²) in [4.78, 5) is 25.3. The lowest BCUT2D eigenvalue weighted by Crippen LogP contribution is -2.67. The molecule has 4 fully saturated rings. The highest BCUT2D eigenvalue weighted by Gasteiger charge is 2.63. The second kappa shape index (κ2) is 8.36. The fourth-order valence-corrected chi connectivity index (χ4v) is 8.49. The molecule has 4 bridgehead atoms. The Bertz CT molecular complexity index is 1100. The predicted octanol–water partition coefficient (Wildman–Crippen LogP) is 4.35. The SMILES string of the molecule is O=C(NC12CC3CC(C1)CC(OC(=O)C(F)(F)S(=O)(=O)O)(C3)C2)c1cc(I)cc(I)c1I. The van der Waals surface area contributed by atoms with Crippen LogP contribution in [0.5, 0.6) is 0 Å². The molecule has 4 aliphatic carbocycles. The Balaban J connectivity index is 1.60. The zero-order valence-electron chi connectivity index (χ0n) is 16.3. The van der Waals surface area contributed by atoms with Gasteiger partial charge in [0.1, 0.15) is 5.60 Å². The zero-order chi connectivity index (χ0) is 23.7. The molecule has 32 heavy (non-hydrogen) atoms.